The van der Waals surface area contributed by atoms with E-state index >= 15 is 0 Å². The van der Waals surface area contributed by atoms with Crippen molar-refractivity contribution in [2.24, 2.45) is 15.9 Å². The summed E-state index contributed by atoms with van der Waals surface area (Å²) >= 11 is 6.37. The van der Waals surface area contributed by atoms with Crippen LogP contribution in [0.15, 0.2) is 106 Å². The summed E-state index contributed by atoms with van der Waals surface area (Å²) in [5, 5.41) is 3.32. The first kappa shape index (κ1) is 32.7. The molecular weight excluding hydrogens is 560 g/mol. The fraction of sp³-hybridized carbons (Fsp3) is 0.161. The smallest absolute Gasteiger partial charge is 0.259 e. The molecule has 2 rings (SSSR count). The number of benzene rings is 1. The van der Waals surface area contributed by atoms with Gasteiger partial charge < -0.3 is 5.32 Å². The molecule has 1 heterocycles. The van der Waals surface area contributed by atoms with Crippen molar-refractivity contribution in [3.8, 4) is 11.8 Å². The van der Waals surface area contributed by atoms with Gasteiger partial charge >= 0.3 is 0 Å². The second-order valence-electron chi connectivity index (χ2n) is 8.40. The second kappa shape index (κ2) is 16.6. The van der Waals surface area contributed by atoms with Gasteiger partial charge in [0.2, 0.25) is 0 Å². The number of nitrogens with one attached hydrogen (secondary N) is 2. The lowest BCUT2D eigenvalue weighted by Gasteiger charge is -2.10. The highest BCUT2D eigenvalue weighted by atomic mass is 35.5. The summed E-state index contributed by atoms with van der Waals surface area (Å²) in [4.78, 5) is 31.7. The van der Waals surface area contributed by atoms with Crippen LogP contribution in [0, 0.1) is 17.8 Å². The number of halogens is 1. The zero-order valence-corrected chi connectivity index (χ0v) is 24.5. The highest BCUT2D eigenvalue weighted by Crippen LogP contribution is 2.29. The molecule has 1 aliphatic heterocycles. The first-order chi connectivity index (χ1) is 19.6. The highest BCUT2D eigenvalue weighted by Gasteiger charge is 2.14. The van der Waals surface area contributed by atoms with E-state index in [2.05, 4.69) is 38.4 Å². The lowest BCUT2D eigenvalue weighted by atomic mass is 10.1. The number of anilines is 1. The summed E-state index contributed by atoms with van der Waals surface area (Å²) in [5.74, 6) is 4.64. The van der Waals surface area contributed by atoms with E-state index in [0.29, 0.717) is 40.3 Å². The number of amides is 1. The van der Waals surface area contributed by atoms with Crippen LogP contribution in [-0.2, 0) is 19.6 Å². The third kappa shape index (κ3) is 10.9. The van der Waals surface area contributed by atoms with Gasteiger partial charge in [-0.2, -0.15) is 0 Å². The Morgan fingerprint density at radius 1 is 1.27 bits per heavy atom. The SMILES string of the molecule is C=CC(C#C/C=C(\C)S(=O)(=O)N/C(=C/C=C(\C)C(=O)Nc1ccc(Cl)c(C2=CCC=CC=N2)c1)N=CC)/C=C/C=O. The average Bonchev–Trinajstić information content (AvgIpc) is 3.23. The van der Waals surface area contributed by atoms with Crippen molar-refractivity contribution in [1.82, 2.24) is 4.72 Å². The number of aliphatic imine (C=N–C) groups is 2. The van der Waals surface area contributed by atoms with Crippen LogP contribution in [-0.4, -0.2) is 33.0 Å². The van der Waals surface area contributed by atoms with Gasteiger partial charge in [0.05, 0.1) is 21.5 Å². The molecule has 0 bridgehead atoms. The van der Waals surface area contributed by atoms with Gasteiger partial charge in [-0.15, -0.1) is 6.58 Å². The van der Waals surface area contributed by atoms with Gasteiger partial charge in [-0.1, -0.05) is 53.8 Å². The quantitative estimate of drug-likeness (QED) is 0.0831. The molecule has 8 nitrogen and oxygen atoms in total. The Balaban J connectivity index is 2.20. The lowest BCUT2D eigenvalue weighted by Crippen LogP contribution is -2.23. The van der Waals surface area contributed by atoms with Crippen LogP contribution in [0.5, 0.6) is 0 Å². The van der Waals surface area contributed by atoms with Crippen molar-refractivity contribution in [3.05, 3.63) is 106 Å². The number of aldehydes is 1. The molecule has 0 saturated heterocycles. The molecular formula is C31H31ClN4O4S. The van der Waals surface area contributed by atoms with Crippen molar-refractivity contribution in [3.63, 3.8) is 0 Å². The fourth-order valence-electron chi connectivity index (χ4n) is 3.11. The monoisotopic (exact) mass is 590 g/mol. The number of nitrogens with zero attached hydrogens (tertiary/aromatic N) is 2. The molecule has 41 heavy (non-hydrogen) atoms. The number of carbonyl (C=O) groups excluding carboxylic acids is 2. The number of carbonyl (C=O) groups is 2. The Labute approximate surface area is 246 Å². The summed E-state index contributed by atoms with van der Waals surface area (Å²) in [6.07, 6.45) is 18.6. The molecule has 0 fully saturated rings. The molecule has 0 radical (unpaired) electrons. The van der Waals surface area contributed by atoms with Crippen LogP contribution >= 0.6 is 11.6 Å². The molecule has 1 aromatic rings. The van der Waals surface area contributed by atoms with Crippen LogP contribution in [0.2, 0.25) is 5.02 Å². The highest BCUT2D eigenvalue weighted by molar-refractivity contribution is 7.93. The van der Waals surface area contributed by atoms with E-state index in [1.54, 1.807) is 38.3 Å². The molecule has 0 saturated carbocycles. The predicted molar refractivity (Wildman–Crippen MR) is 169 cm³/mol. The van der Waals surface area contributed by atoms with E-state index in [0.717, 1.165) is 0 Å². The Bertz CT molecular complexity index is 1580. The third-order valence-electron chi connectivity index (χ3n) is 5.34. The number of hydrogen-bond donors (Lipinski definition) is 2. The van der Waals surface area contributed by atoms with Crippen LogP contribution in [0.1, 0.15) is 32.8 Å². The van der Waals surface area contributed by atoms with Gasteiger partial charge in [0, 0.05) is 35.3 Å². The first-order valence-corrected chi connectivity index (χ1v) is 14.3. The standard InChI is InChI=1S/C31H31ClN4O4S/c1-5-25(14-11-21-37)13-10-12-24(4)41(39,40)36-30(33-6-2)19-16-23(3)31(38)35-26-17-18-28(32)27(22-26)29-15-8-7-9-20-34-29/h5-7,9,11-12,14-22,25,36H,1,8H2,2-4H3,(H,35,38)/b14-11+,23-16+,24-12+,30-19+,33-6?. The Kier molecular flexibility index (Phi) is 13.2. The van der Waals surface area contributed by atoms with Gasteiger partial charge in [0.1, 0.15) is 12.1 Å². The molecule has 0 aromatic heterocycles. The lowest BCUT2D eigenvalue weighted by molar-refractivity contribution is -0.112. The van der Waals surface area contributed by atoms with Crippen molar-refractivity contribution in [2.75, 3.05) is 5.32 Å². The normalized spacial score (nSPS) is 15.1. The largest absolute Gasteiger partial charge is 0.322 e. The number of hydrogen-bond acceptors (Lipinski definition) is 6. The van der Waals surface area contributed by atoms with E-state index < -0.39 is 21.8 Å². The maximum Gasteiger partial charge on any atom is 0.259 e. The Hall–Kier alpha value is -4.52. The molecule has 1 unspecified atom stereocenters. The Morgan fingerprint density at radius 2 is 2.05 bits per heavy atom. The first-order valence-electron chi connectivity index (χ1n) is 12.4. The van der Waals surface area contributed by atoms with Gasteiger partial charge in [-0.3, -0.25) is 19.3 Å². The molecule has 10 heteroatoms. The van der Waals surface area contributed by atoms with Crippen LogP contribution in [0.25, 0.3) is 5.70 Å². The van der Waals surface area contributed by atoms with E-state index in [4.69, 9.17) is 11.6 Å². The molecule has 1 amide bonds. The molecule has 0 spiro atoms. The molecule has 2 N–H and O–H groups in total. The fourth-order valence-corrected chi connectivity index (χ4v) is 4.10. The van der Waals surface area contributed by atoms with Gasteiger partial charge in [0.15, 0.2) is 0 Å². The topological polar surface area (TPSA) is 117 Å². The third-order valence-corrected chi connectivity index (χ3v) is 7.11. The molecule has 1 aromatic carbocycles. The van der Waals surface area contributed by atoms with Crippen molar-refractivity contribution >= 4 is 57.6 Å². The minimum Gasteiger partial charge on any atom is -0.322 e. The number of allylic oxidation sites excluding steroid dienone is 10. The number of rotatable bonds is 11. The zero-order chi connectivity index (χ0) is 30.3. The van der Waals surface area contributed by atoms with E-state index in [9.17, 15) is 18.0 Å². The maximum atomic E-state index is 12.8. The van der Waals surface area contributed by atoms with Gasteiger partial charge in [-0.25, -0.2) is 13.4 Å². The second-order valence-corrected chi connectivity index (χ2v) is 10.7. The number of sulfonamides is 1. The van der Waals surface area contributed by atoms with Gasteiger partial charge in [-0.05, 0) is 63.6 Å². The van der Waals surface area contributed by atoms with E-state index in [1.807, 2.05) is 18.2 Å². The van der Waals surface area contributed by atoms with Crippen molar-refractivity contribution < 1.29 is 18.0 Å². The maximum absolute atomic E-state index is 12.8. The molecule has 212 valence electrons. The molecule has 1 aliphatic rings. The van der Waals surface area contributed by atoms with Crippen molar-refractivity contribution in [2.45, 2.75) is 27.2 Å². The summed E-state index contributed by atoms with van der Waals surface area (Å²) in [6, 6.07) is 5.11. The van der Waals surface area contributed by atoms with Crippen molar-refractivity contribution in [1.29, 1.82) is 0 Å². The average molecular weight is 591 g/mol. The van der Waals surface area contributed by atoms with Crippen LogP contribution < -0.4 is 10.0 Å². The van der Waals surface area contributed by atoms with E-state index in [-0.39, 0.29) is 10.7 Å². The zero-order valence-electron chi connectivity index (χ0n) is 23.0. The summed E-state index contributed by atoms with van der Waals surface area (Å²) < 4.78 is 28.0. The predicted octanol–water partition coefficient (Wildman–Crippen LogP) is 5.91. The minimum absolute atomic E-state index is 0.00112. The summed E-state index contributed by atoms with van der Waals surface area (Å²) in [6.45, 7) is 8.23. The minimum atomic E-state index is -3.98. The van der Waals surface area contributed by atoms with Gasteiger partial charge in [0.25, 0.3) is 15.9 Å². The summed E-state index contributed by atoms with van der Waals surface area (Å²) in [5.41, 5.74) is 2.21. The van der Waals surface area contributed by atoms with Crippen LogP contribution in [0.3, 0.4) is 0 Å². The van der Waals surface area contributed by atoms with E-state index in [1.165, 1.54) is 49.6 Å². The Morgan fingerprint density at radius 3 is 2.76 bits per heavy atom. The molecule has 0 aliphatic carbocycles. The summed E-state index contributed by atoms with van der Waals surface area (Å²) in [7, 11) is -3.98. The molecule has 1 atom stereocenters. The van der Waals surface area contributed by atoms with Crippen LogP contribution in [0.4, 0.5) is 5.69 Å².